The molecular formula is C22H31IN6OS. The number of likely N-dealkylation sites (N-methyl/N-ethyl adjacent to an activating group) is 1. The zero-order valence-electron chi connectivity index (χ0n) is 18.5. The summed E-state index contributed by atoms with van der Waals surface area (Å²) in [6, 6.07) is 12.5. The van der Waals surface area contributed by atoms with Gasteiger partial charge in [-0.3, -0.25) is 0 Å². The third-order valence-electron chi connectivity index (χ3n) is 5.04. The molecule has 31 heavy (non-hydrogen) atoms. The normalized spacial score (nSPS) is 11.2. The maximum atomic E-state index is 5.23. The maximum absolute atomic E-state index is 5.23. The lowest BCUT2D eigenvalue weighted by Gasteiger charge is -2.22. The summed E-state index contributed by atoms with van der Waals surface area (Å²) in [6.45, 7) is 4.13. The molecule has 0 aliphatic rings. The van der Waals surface area contributed by atoms with Gasteiger partial charge in [0.05, 0.1) is 7.11 Å². The van der Waals surface area contributed by atoms with Crippen molar-refractivity contribution in [3.05, 3.63) is 63.9 Å². The number of aryl methyl sites for hydroxylation is 1. The van der Waals surface area contributed by atoms with Crippen LogP contribution >= 0.6 is 35.3 Å². The Kier molecular flexibility index (Phi) is 10.3. The summed E-state index contributed by atoms with van der Waals surface area (Å²) in [5.74, 6) is 3.50. The van der Waals surface area contributed by atoms with Crippen LogP contribution in [-0.2, 0) is 26.4 Å². The van der Waals surface area contributed by atoms with Gasteiger partial charge in [-0.1, -0.05) is 18.2 Å². The van der Waals surface area contributed by atoms with Gasteiger partial charge < -0.3 is 19.5 Å². The smallest absolute Gasteiger partial charge is 0.194 e. The SMILES string of the molecule is COc1ccc(CCNC(=NCc2nnc(C)n2C)N(C)CCc2cccs2)cc1.I. The molecule has 0 amide bonds. The molecule has 3 rings (SSSR count). The summed E-state index contributed by atoms with van der Waals surface area (Å²) < 4.78 is 7.21. The number of thiophene rings is 1. The standard InChI is InChI=1S/C22H30N6OS.HI/c1-17-25-26-21(28(17)3)16-24-22(27(2)14-12-20-6-5-15-30-20)23-13-11-18-7-9-19(29-4)10-8-18;/h5-10,15H,11-14,16H2,1-4H3,(H,23,24);1H. The number of guanidine groups is 1. The van der Waals surface area contributed by atoms with Crippen LogP contribution in [0.5, 0.6) is 5.75 Å². The van der Waals surface area contributed by atoms with E-state index in [0.717, 1.165) is 49.3 Å². The Labute approximate surface area is 205 Å². The molecule has 0 saturated carbocycles. The molecule has 0 spiro atoms. The molecule has 1 N–H and O–H groups in total. The van der Waals surface area contributed by atoms with Gasteiger partial charge in [0.25, 0.3) is 0 Å². The summed E-state index contributed by atoms with van der Waals surface area (Å²) in [4.78, 5) is 8.37. The number of nitrogens with zero attached hydrogens (tertiary/aromatic N) is 5. The number of benzene rings is 1. The second-order valence-electron chi connectivity index (χ2n) is 7.14. The van der Waals surface area contributed by atoms with Crippen molar-refractivity contribution >= 4 is 41.3 Å². The van der Waals surface area contributed by atoms with E-state index in [-0.39, 0.29) is 24.0 Å². The molecule has 0 atom stereocenters. The van der Waals surface area contributed by atoms with Gasteiger partial charge in [-0.05, 0) is 48.9 Å². The Hall–Kier alpha value is -2.14. The van der Waals surface area contributed by atoms with E-state index >= 15 is 0 Å². The Bertz CT molecular complexity index is 940. The van der Waals surface area contributed by atoms with Crippen LogP contribution < -0.4 is 10.1 Å². The highest BCUT2D eigenvalue weighted by atomic mass is 127. The molecule has 9 heteroatoms. The molecule has 0 saturated heterocycles. The Morgan fingerprint density at radius 3 is 2.58 bits per heavy atom. The highest BCUT2D eigenvalue weighted by Gasteiger charge is 2.09. The van der Waals surface area contributed by atoms with E-state index in [1.54, 1.807) is 18.4 Å². The van der Waals surface area contributed by atoms with Gasteiger partial charge in [0.2, 0.25) is 0 Å². The highest BCUT2D eigenvalue weighted by Crippen LogP contribution is 2.12. The number of methoxy groups -OCH3 is 1. The summed E-state index contributed by atoms with van der Waals surface area (Å²) in [5.41, 5.74) is 1.26. The predicted molar refractivity (Wildman–Crippen MR) is 138 cm³/mol. The summed E-state index contributed by atoms with van der Waals surface area (Å²) in [5, 5.41) is 14.0. The summed E-state index contributed by atoms with van der Waals surface area (Å²) in [6.07, 6.45) is 1.90. The predicted octanol–water partition coefficient (Wildman–Crippen LogP) is 3.67. The molecular weight excluding hydrogens is 523 g/mol. The van der Waals surface area contributed by atoms with Gasteiger partial charge in [0.15, 0.2) is 11.8 Å². The van der Waals surface area contributed by atoms with E-state index in [4.69, 9.17) is 9.73 Å². The zero-order chi connectivity index (χ0) is 21.3. The van der Waals surface area contributed by atoms with Crippen molar-refractivity contribution in [1.29, 1.82) is 0 Å². The van der Waals surface area contributed by atoms with Crippen molar-refractivity contribution in [2.45, 2.75) is 26.3 Å². The number of aromatic nitrogens is 3. The largest absolute Gasteiger partial charge is 0.497 e. The van der Waals surface area contributed by atoms with Crippen LogP contribution in [0.2, 0.25) is 0 Å². The first-order valence-corrected chi connectivity index (χ1v) is 10.9. The monoisotopic (exact) mass is 554 g/mol. The van der Waals surface area contributed by atoms with Crippen molar-refractivity contribution in [3.63, 3.8) is 0 Å². The molecule has 0 unspecified atom stereocenters. The average Bonchev–Trinajstić information content (AvgIpc) is 3.40. The van der Waals surface area contributed by atoms with E-state index in [9.17, 15) is 0 Å². The molecule has 1 aromatic carbocycles. The minimum atomic E-state index is 0. The molecule has 0 fully saturated rings. The fourth-order valence-corrected chi connectivity index (χ4v) is 3.69. The first-order chi connectivity index (χ1) is 14.6. The number of rotatable bonds is 9. The fourth-order valence-electron chi connectivity index (χ4n) is 3.00. The van der Waals surface area contributed by atoms with Crippen molar-refractivity contribution in [1.82, 2.24) is 25.0 Å². The maximum Gasteiger partial charge on any atom is 0.194 e. The van der Waals surface area contributed by atoms with Crippen LogP contribution in [0.1, 0.15) is 22.1 Å². The van der Waals surface area contributed by atoms with Crippen molar-refractivity contribution in [3.8, 4) is 5.75 Å². The molecule has 2 aromatic heterocycles. The van der Waals surface area contributed by atoms with Gasteiger partial charge in [0, 0.05) is 32.1 Å². The van der Waals surface area contributed by atoms with E-state index in [1.807, 2.05) is 30.7 Å². The van der Waals surface area contributed by atoms with Crippen molar-refractivity contribution in [2.24, 2.45) is 12.0 Å². The van der Waals surface area contributed by atoms with Gasteiger partial charge >= 0.3 is 0 Å². The number of hydrogen-bond donors (Lipinski definition) is 1. The minimum Gasteiger partial charge on any atom is -0.497 e. The second-order valence-corrected chi connectivity index (χ2v) is 8.17. The molecule has 3 aromatic rings. The molecule has 2 heterocycles. The first-order valence-electron chi connectivity index (χ1n) is 10.1. The average molecular weight is 555 g/mol. The molecule has 168 valence electrons. The van der Waals surface area contributed by atoms with Crippen molar-refractivity contribution in [2.75, 3.05) is 27.2 Å². The fraction of sp³-hybridized carbons (Fsp3) is 0.409. The number of nitrogens with one attached hydrogen (secondary N) is 1. The lowest BCUT2D eigenvalue weighted by Crippen LogP contribution is -2.41. The van der Waals surface area contributed by atoms with Crippen molar-refractivity contribution < 1.29 is 4.74 Å². The molecule has 0 aliphatic heterocycles. The van der Waals surface area contributed by atoms with Crippen LogP contribution in [0.3, 0.4) is 0 Å². The van der Waals surface area contributed by atoms with Crippen LogP contribution in [0.25, 0.3) is 0 Å². The van der Waals surface area contributed by atoms with Gasteiger partial charge in [-0.15, -0.1) is 45.5 Å². The first kappa shape index (κ1) is 25.1. The van der Waals surface area contributed by atoms with E-state index in [1.165, 1.54) is 10.4 Å². The van der Waals surface area contributed by atoms with Crippen LogP contribution in [-0.4, -0.2) is 52.9 Å². The number of aliphatic imine (C=N–C) groups is 1. The Balaban J connectivity index is 0.00000341. The Morgan fingerprint density at radius 1 is 1.19 bits per heavy atom. The molecule has 0 aliphatic carbocycles. The molecule has 0 radical (unpaired) electrons. The van der Waals surface area contributed by atoms with E-state index in [2.05, 4.69) is 57.1 Å². The highest BCUT2D eigenvalue weighted by molar-refractivity contribution is 14.0. The number of halogens is 1. The van der Waals surface area contributed by atoms with Gasteiger partial charge in [-0.25, -0.2) is 4.99 Å². The van der Waals surface area contributed by atoms with Crippen LogP contribution in [0.4, 0.5) is 0 Å². The lowest BCUT2D eigenvalue weighted by molar-refractivity contribution is 0.414. The van der Waals surface area contributed by atoms with Gasteiger partial charge in [0.1, 0.15) is 18.1 Å². The summed E-state index contributed by atoms with van der Waals surface area (Å²) in [7, 11) is 5.73. The van der Waals surface area contributed by atoms with Crippen LogP contribution in [0.15, 0.2) is 46.8 Å². The summed E-state index contributed by atoms with van der Waals surface area (Å²) >= 11 is 1.79. The minimum absolute atomic E-state index is 0. The van der Waals surface area contributed by atoms with Gasteiger partial charge in [-0.2, -0.15) is 0 Å². The zero-order valence-corrected chi connectivity index (χ0v) is 21.7. The lowest BCUT2D eigenvalue weighted by atomic mass is 10.1. The topological polar surface area (TPSA) is 67.6 Å². The number of hydrogen-bond acceptors (Lipinski definition) is 5. The van der Waals surface area contributed by atoms with E-state index < -0.39 is 0 Å². The number of ether oxygens (including phenoxy) is 1. The molecule has 7 nitrogen and oxygen atoms in total. The third kappa shape index (κ3) is 7.49. The third-order valence-corrected chi connectivity index (χ3v) is 5.98. The Morgan fingerprint density at radius 2 is 1.97 bits per heavy atom. The quantitative estimate of drug-likeness (QED) is 0.249. The van der Waals surface area contributed by atoms with Crippen LogP contribution in [0, 0.1) is 6.92 Å². The second kappa shape index (κ2) is 12.7. The molecule has 0 bridgehead atoms. The van der Waals surface area contributed by atoms with E-state index in [0.29, 0.717) is 6.54 Å².